The summed E-state index contributed by atoms with van der Waals surface area (Å²) < 4.78 is 0. The van der Waals surface area contributed by atoms with Crippen LogP contribution in [-0.2, 0) is 17.6 Å². The second-order valence-electron chi connectivity index (χ2n) is 5.31. The van der Waals surface area contributed by atoms with Gasteiger partial charge in [0, 0.05) is 29.9 Å². The molecule has 23 heavy (non-hydrogen) atoms. The molecule has 118 valence electrons. The number of nitriles is 1. The zero-order valence-electron chi connectivity index (χ0n) is 12.6. The fourth-order valence-corrected chi connectivity index (χ4v) is 2.93. The topological polar surface area (TPSA) is 52.9 Å². The first kappa shape index (κ1) is 17.3. The second kappa shape index (κ2) is 7.50. The standard InChI is InChI=1S/C18H16Cl2N2O/c1-22-17(23)18(12-21,10-13-6-2-4-8-15(13)19)11-14-7-3-5-9-16(14)20/h2-9H,10-11H2,1H3,(H,22,23). The Bertz CT molecular complexity index is 705. The highest BCUT2D eigenvalue weighted by atomic mass is 35.5. The van der Waals surface area contributed by atoms with Crippen molar-refractivity contribution in [1.29, 1.82) is 5.26 Å². The van der Waals surface area contributed by atoms with Crippen molar-refractivity contribution >= 4 is 29.1 Å². The molecule has 0 radical (unpaired) electrons. The molecule has 1 N–H and O–H groups in total. The number of halogens is 2. The van der Waals surface area contributed by atoms with Crippen molar-refractivity contribution in [1.82, 2.24) is 5.32 Å². The molecule has 0 fully saturated rings. The normalized spacial score (nSPS) is 10.9. The molecule has 0 saturated carbocycles. The van der Waals surface area contributed by atoms with Crippen molar-refractivity contribution in [2.45, 2.75) is 12.8 Å². The van der Waals surface area contributed by atoms with E-state index in [9.17, 15) is 10.1 Å². The summed E-state index contributed by atoms with van der Waals surface area (Å²) in [5, 5.41) is 13.4. The van der Waals surface area contributed by atoms with E-state index in [2.05, 4.69) is 11.4 Å². The number of rotatable bonds is 5. The van der Waals surface area contributed by atoms with E-state index >= 15 is 0 Å². The van der Waals surface area contributed by atoms with E-state index in [0.29, 0.717) is 10.0 Å². The summed E-state index contributed by atoms with van der Waals surface area (Å²) in [6.07, 6.45) is 0.433. The molecule has 0 bridgehead atoms. The van der Waals surface area contributed by atoms with E-state index in [1.54, 1.807) is 12.1 Å². The second-order valence-corrected chi connectivity index (χ2v) is 6.12. The van der Waals surface area contributed by atoms with E-state index in [0.717, 1.165) is 11.1 Å². The van der Waals surface area contributed by atoms with E-state index < -0.39 is 5.41 Å². The third-order valence-electron chi connectivity index (χ3n) is 3.78. The lowest BCUT2D eigenvalue weighted by Crippen LogP contribution is -2.41. The van der Waals surface area contributed by atoms with Gasteiger partial charge in [-0.2, -0.15) is 5.26 Å². The number of nitrogens with one attached hydrogen (secondary N) is 1. The Labute approximate surface area is 145 Å². The van der Waals surface area contributed by atoms with Gasteiger partial charge in [-0.05, 0) is 23.3 Å². The fraction of sp³-hybridized carbons (Fsp3) is 0.222. The Balaban J connectivity index is 2.45. The van der Waals surface area contributed by atoms with E-state index in [4.69, 9.17) is 23.2 Å². The Morgan fingerprint density at radius 3 is 1.83 bits per heavy atom. The van der Waals surface area contributed by atoms with Crippen LogP contribution < -0.4 is 5.32 Å². The predicted molar refractivity (Wildman–Crippen MR) is 92.4 cm³/mol. The maximum Gasteiger partial charge on any atom is 0.240 e. The molecule has 2 aromatic rings. The molecule has 0 saturated heterocycles. The van der Waals surface area contributed by atoms with Crippen molar-refractivity contribution in [2.75, 3.05) is 7.05 Å². The molecule has 2 rings (SSSR count). The highest BCUT2D eigenvalue weighted by molar-refractivity contribution is 6.31. The van der Waals surface area contributed by atoms with Gasteiger partial charge in [-0.15, -0.1) is 0 Å². The van der Waals surface area contributed by atoms with Crippen LogP contribution in [0, 0.1) is 16.7 Å². The first-order chi connectivity index (χ1) is 11.0. The van der Waals surface area contributed by atoms with Gasteiger partial charge in [0.05, 0.1) is 6.07 Å². The van der Waals surface area contributed by atoms with E-state index in [1.165, 1.54) is 7.05 Å². The molecule has 0 unspecified atom stereocenters. The zero-order chi connectivity index (χ0) is 16.9. The van der Waals surface area contributed by atoms with Crippen LogP contribution in [0.3, 0.4) is 0 Å². The molecule has 0 spiro atoms. The molecular weight excluding hydrogens is 331 g/mol. The van der Waals surface area contributed by atoms with Crippen LogP contribution in [0.2, 0.25) is 10.0 Å². The number of amides is 1. The maximum atomic E-state index is 12.5. The van der Waals surface area contributed by atoms with Crippen LogP contribution in [-0.4, -0.2) is 13.0 Å². The van der Waals surface area contributed by atoms with Crippen LogP contribution in [0.4, 0.5) is 0 Å². The predicted octanol–water partition coefficient (Wildman–Crippen LogP) is 4.03. The molecule has 2 aromatic carbocycles. The van der Waals surface area contributed by atoms with Crippen molar-refractivity contribution in [3.05, 3.63) is 69.7 Å². The number of carbonyl (C=O) groups excluding carboxylic acids is 1. The smallest absolute Gasteiger partial charge is 0.240 e. The van der Waals surface area contributed by atoms with E-state index in [-0.39, 0.29) is 18.7 Å². The zero-order valence-corrected chi connectivity index (χ0v) is 14.2. The van der Waals surface area contributed by atoms with E-state index in [1.807, 2.05) is 36.4 Å². The Kier molecular flexibility index (Phi) is 5.65. The first-order valence-corrected chi connectivity index (χ1v) is 7.88. The van der Waals surface area contributed by atoms with Crippen LogP contribution >= 0.6 is 23.2 Å². The summed E-state index contributed by atoms with van der Waals surface area (Å²) in [5.74, 6) is -0.347. The number of hydrogen-bond acceptors (Lipinski definition) is 2. The lowest BCUT2D eigenvalue weighted by molar-refractivity contribution is -0.127. The van der Waals surface area contributed by atoms with Gasteiger partial charge < -0.3 is 5.32 Å². The highest BCUT2D eigenvalue weighted by Gasteiger charge is 2.39. The van der Waals surface area contributed by atoms with Crippen molar-refractivity contribution in [3.63, 3.8) is 0 Å². The Hall–Kier alpha value is -2.02. The summed E-state index contributed by atoms with van der Waals surface area (Å²) >= 11 is 12.4. The molecule has 1 amide bonds. The molecule has 0 aliphatic rings. The lowest BCUT2D eigenvalue weighted by Gasteiger charge is -2.26. The third kappa shape index (κ3) is 3.85. The highest BCUT2D eigenvalue weighted by Crippen LogP contribution is 2.32. The molecule has 0 heterocycles. The SMILES string of the molecule is CNC(=O)C(C#N)(Cc1ccccc1Cl)Cc1ccccc1Cl. The van der Waals surface area contributed by atoms with Crippen molar-refractivity contribution < 1.29 is 4.79 Å². The Morgan fingerprint density at radius 2 is 1.48 bits per heavy atom. The summed E-state index contributed by atoms with van der Waals surface area (Å²) in [6.45, 7) is 0. The van der Waals surface area contributed by atoms with Gasteiger partial charge in [-0.1, -0.05) is 59.6 Å². The molecule has 0 aliphatic heterocycles. The summed E-state index contributed by atoms with van der Waals surface area (Å²) in [7, 11) is 1.52. The minimum absolute atomic E-state index is 0.216. The average molecular weight is 347 g/mol. The molecule has 5 heteroatoms. The number of nitrogens with zero attached hydrogens (tertiary/aromatic N) is 1. The molecule has 0 atom stereocenters. The van der Waals surface area contributed by atoms with Crippen LogP contribution in [0.25, 0.3) is 0 Å². The quantitative estimate of drug-likeness (QED) is 0.888. The van der Waals surface area contributed by atoms with Gasteiger partial charge in [0.2, 0.25) is 5.91 Å². The van der Waals surface area contributed by atoms with Crippen LogP contribution in [0.5, 0.6) is 0 Å². The van der Waals surface area contributed by atoms with Crippen molar-refractivity contribution in [2.24, 2.45) is 5.41 Å². The van der Waals surface area contributed by atoms with Crippen LogP contribution in [0.15, 0.2) is 48.5 Å². The molecule has 0 aromatic heterocycles. The van der Waals surface area contributed by atoms with Gasteiger partial charge in [0.25, 0.3) is 0 Å². The molecule has 3 nitrogen and oxygen atoms in total. The van der Waals surface area contributed by atoms with Crippen LogP contribution in [0.1, 0.15) is 11.1 Å². The summed E-state index contributed by atoms with van der Waals surface area (Å²) in [5.41, 5.74) is 0.239. The summed E-state index contributed by atoms with van der Waals surface area (Å²) in [6, 6.07) is 16.6. The van der Waals surface area contributed by atoms with Gasteiger partial charge in [-0.25, -0.2) is 0 Å². The number of carbonyl (C=O) groups is 1. The minimum Gasteiger partial charge on any atom is -0.358 e. The van der Waals surface area contributed by atoms with Gasteiger partial charge in [0.15, 0.2) is 0 Å². The fourth-order valence-electron chi connectivity index (χ4n) is 2.53. The number of benzene rings is 2. The number of hydrogen-bond donors (Lipinski definition) is 1. The van der Waals surface area contributed by atoms with Gasteiger partial charge in [-0.3, -0.25) is 4.79 Å². The Morgan fingerprint density at radius 1 is 1.04 bits per heavy atom. The first-order valence-electron chi connectivity index (χ1n) is 7.12. The van der Waals surface area contributed by atoms with Gasteiger partial charge >= 0.3 is 0 Å². The monoisotopic (exact) mass is 346 g/mol. The largest absolute Gasteiger partial charge is 0.358 e. The maximum absolute atomic E-state index is 12.5. The third-order valence-corrected chi connectivity index (χ3v) is 4.51. The average Bonchev–Trinajstić information content (AvgIpc) is 2.57. The van der Waals surface area contributed by atoms with Gasteiger partial charge in [0.1, 0.15) is 5.41 Å². The lowest BCUT2D eigenvalue weighted by atomic mass is 9.77. The summed E-state index contributed by atoms with van der Waals surface area (Å²) in [4.78, 5) is 12.5. The van der Waals surface area contributed by atoms with Crippen molar-refractivity contribution in [3.8, 4) is 6.07 Å². The molecule has 0 aliphatic carbocycles. The minimum atomic E-state index is -1.27. The molecular formula is C18H16Cl2N2O.